The third-order valence-electron chi connectivity index (χ3n) is 2.57. The van der Waals surface area contributed by atoms with Crippen LogP contribution in [0.4, 0.5) is 11.5 Å². The van der Waals surface area contributed by atoms with Gasteiger partial charge in [0.05, 0.1) is 10.6 Å². The first kappa shape index (κ1) is 14.8. The lowest BCUT2D eigenvalue weighted by atomic mass is 10.2. The predicted molar refractivity (Wildman–Crippen MR) is 78.5 cm³/mol. The zero-order chi connectivity index (χ0) is 14.9. The van der Waals surface area contributed by atoms with E-state index < -0.39 is 5.97 Å². The molecule has 1 aromatic carbocycles. The van der Waals surface area contributed by atoms with E-state index in [0.717, 1.165) is 0 Å². The van der Waals surface area contributed by atoms with Gasteiger partial charge in [-0.15, -0.1) is 0 Å². The second-order valence-corrected chi connectivity index (χ2v) is 4.98. The Labute approximate surface area is 129 Å². The van der Waals surface area contributed by atoms with Crippen LogP contribution in [0.5, 0.6) is 0 Å². The van der Waals surface area contributed by atoms with Crippen molar-refractivity contribution in [2.45, 2.75) is 0 Å². The number of benzene rings is 1. The van der Waals surface area contributed by atoms with E-state index in [1.165, 1.54) is 18.2 Å². The summed E-state index contributed by atoms with van der Waals surface area (Å²) in [5.74, 6) is -0.669. The van der Waals surface area contributed by atoms with Gasteiger partial charge in [0.1, 0.15) is 11.0 Å². The molecule has 1 N–H and O–H groups in total. The summed E-state index contributed by atoms with van der Waals surface area (Å²) in [5.41, 5.74) is 0.583. The maximum atomic E-state index is 11.1. The van der Waals surface area contributed by atoms with E-state index in [1.54, 1.807) is 18.0 Å². The number of hydrogen-bond acceptors (Lipinski definition) is 4. The molecule has 0 fully saturated rings. The number of carbonyl (C=O) groups is 1. The summed E-state index contributed by atoms with van der Waals surface area (Å²) in [6.07, 6.45) is 0. The molecule has 8 heteroatoms. The van der Waals surface area contributed by atoms with Gasteiger partial charge in [0, 0.05) is 18.8 Å². The molecular formula is C12H8Cl3N3O2. The Morgan fingerprint density at radius 3 is 2.50 bits per heavy atom. The normalized spacial score (nSPS) is 10.4. The van der Waals surface area contributed by atoms with E-state index in [0.29, 0.717) is 11.5 Å². The van der Waals surface area contributed by atoms with Crippen molar-refractivity contribution in [1.82, 2.24) is 9.97 Å². The lowest BCUT2D eigenvalue weighted by molar-refractivity contribution is 0.0697. The smallest absolute Gasteiger partial charge is 0.337 e. The monoisotopic (exact) mass is 331 g/mol. The number of carboxylic acid groups (broad SMARTS) is 1. The predicted octanol–water partition coefficient (Wildman–Crippen LogP) is 3.90. The number of aromatic nitrogens is 2. The Morgan fingerprint density at radius 1 is 1.20 bits per heavy atom. The minimum atomic E-state index is -1.11. The van der Waals surface area contributed by atoms with Crippen LogP contribution in [-0.4, -0.2) is 28.1 Å². The Morgan fingerprint density at radius 2 is 1.90 bits per heavy atom. The molecule has 0 amide bonds. The Bertz CT molecular complexity index is 659. The Balaban J connectivity index is 2.45. The van der Waals surface area contributed by atoms with Crippen molar-refractivity contribution < 1.29 is 9.90 Å². The van der Waals surface area contributed by atoms with Gasteiger partial charge in [-0.1, -0.05) is 23.2 Å². The standard InChI is InChI=1S/C12H8Cl3N3O2/c1-18(10-5-9(14)16-12(15)17-10)6-2-3-8(13)7(4-6)11(19)20/h2-5H,1H3,(H,19,20). The lowest BCUT2D eigenvalue weighted by Gasteiger charge is -2.19. The van der Waals surface area contributed by atoms with Crippen LogP contribution >= 0.6 is 34.8 Å². The number of halogens is 3. The molecule has 0 spiro atoms. The van der Waals surface area contributed by atoms with E-state index in [2.05, 4.69) is 9.97 Å². The van der Waals surface area contributed by atoms with Gasteiger partial charge >= 0.3 is 5.97 Å². The van der Waals surface area contributed by atoms with E-state index >= 15 is 0 Å². The van der Waals surface area contributed by atoms with Gasteiger partial charge < -0.3 is 10.0 Å². The summed E-state index contributed by atoms with van der Waals surface area (Å²) in [7, 11) is 1.70. The van der Waals surface area contributed by atoms with Gasteiger partial charge in [-0.2, -0.15) is 0 Å². The molecular weight excluding hydrogens is 325 g/mol. The summed E-state index contributed by atoms with van der Waals surface area (Å²) in [6.45, 7) is 0. The second kappa shape index (κ2) is 5.83. The SMILES string of the molecule is CN(c1ccc(Cl)c(C(=O)O)c1)c1cc(Cl)nc(Cl)n1. The quantitative estimate of drug-likeness (QED) is 0.682. The molecule has 0 aliphatic rings. The van der Waals surface area contributed by atoms with Crippen molar-refractivity contribution in [3.05, 3.63) is 45.3 Å². The summed E-state index contributed by atoms with van der Waals surface area (Å²) < 4.78 is 0. The first-order chi connectivity index (χ1) is 9.38. The van der Waals surface area contributed by atoms with E-state index in [-0.39, 0.29) is 21.0 Å². The second-order valence-electron chi connectivity index (χ2n) is 3.85. The largest absolute Gasteiger partial charge is 0.478 e. The fraction of sp³-hybridized carbons (Fsp3) is 0.0833. The topological polar surface area (TPSA) is 66.3 Å². The first-order valence-electron chi connectivity index (χ1n) is 5.35. The maximum absolute atomic E-state index is 11.1. The van der Waals surface area contributed by atoms with Gasteiger partial charge in [0.2, 0.25) is 5.28 Å². The van der Waals surface area contributed by atoms with Crippen LogP contribution in [0, 0.1) is 0 Å². The molecule has 0 atom stereocenters. The van der Waals surface area contributed by atoms with Crippen LogP contribution in [0.2, 0.25) is 15.5 Å². The van der Waals surface area contributed by atoms with E-state index in [9.17, 15) is 4.79 Å². The Kier molecular flexibility index (Phi) is 4.32. The zero-order valence-electron chi connectivity index (χ0n) is 10.1. The first-order valence-corrected chi connectivity index (χ1v) is 6.48. The van der Waals surface area contributed by atoms with Crippen molar-refractivity contribution in [1.29, 1.82) is 0 Å². The molecule has 1 heterocycles. The van der Waals surface area contributed by atoms with Crippen molar-refractivity contribution in [2.24, 2.45) is 0 Å². The molecule has 1 aromatic heterocycles. The van der Waals surface area contributed by atoms with Crippen LogP contribution in [0.3, 0.4) is 0 Å². The average molecular weight is 333 g/mol. The highest BCUT2D eigenvalue weighted by Crippen LogP contribution is 2.28. The highest BCUT2D eigenvalue weighted by molar-refractivity contribution is 6.33. The molecule has 5 nitrogen and oxygen atoms in total. The molecule has 0 saturated heterocycles. The van der Waals surface area contributed by atoms with Crippen molar-refractivity contribution >= 4 is 52.3 Å². The summed E-state index contributed by atoms with van der Waals surface area (Å²) >= 11 is 17.4. The third-order valence-corrected chi connectivity index (χ3v) is 3.26. The van der Waals surface area contributed by atoms with Gasteiger partial charge in [0.15, 0.2) is 0 Å². The van der Waals surface area contributed by atoms with Crippen LogP contribution in [0.15, 0.2) is 24.3 Å². The number of rotatable bonds is 3. The molecule has 2 aromatic rings. The van der Waals surface area contributed by atoms with Crippen molar-refractivity contribution in [2.75, 3.05) is 11.9 Å². The number of anilines is 2. The number of carboxylic acids is 1. The molecule has 2 rings (SSSR count). The third kappa shape index (κ3) is 3.12. The average Bonchev–Trinajstić information content (AvgIpc) is 2.37. The van der Waals surface area contributed by atoms with Gasteiger partial charge in [-0.3, -0.25) is 0 Å². The lowest BCUT2D eigenvalue weighted by Crippen LogP contribution is -2.12. The minimum Gasteiger partial charge on any atom is -0.478 e. The minimum absolute atomic E-state index is 0.00210. The highest BCUT2D eigenvalue weighted by Gasteiger charge is 2.14. The van der Waals surface area contributed by atoms with Crippen LogP contribution in [-0.2, 0) is 0 Å². The summed E-state index contributed by atoms with van der Waals surface area (Å²) in [6, 6.07) is 6.12. The number of aromatic carboxylic acids is 1. The number of hydrogen-bond donors (Lipinski definition) is 1. The summed E-state index contributed by atoms with van der Waals surface area (Å²) in [5, 5.41) is 9.42. The van der Waals surface area contributed by atoms with Crippen LogP contribution in [0.1, 0.15) is 10.4 Å². The fourth-order valence-electron chi connectivity index (χ4n) is 1.57. The zero-order valence-corrected chi connectivity index (χ0v) is 12.4. The molecule has 0 unspecified atom stereocenters. The van der Waals surface area contributed by atoms with Crippen molar-refractivity contribution in [3.63, 3.8) is 0 Å². The van der Waals surface area contributed by atoms with E-state index in [1.807, 2.05) is 0 Å². The Hall–Kier alpha value is -1.56. The van der Waals surface area contributed by atoms with Gasteiger partial charge in [0.25, 0.3) is 0 Å². The molecule has 0 aliphatic carbocycles. The molecule has 0 bridgehead atoms. The molecule has 104 valence electrons. The van der Waals surface area contributed by atoms with Crippen molar-refractivity contribution in [3.8, 4) is 0 Å². The molecule has 0 saturated carbocycles. The van der Waals surface area contributed by atoms with Crippen LogP contribution < -0.4 is 4.90 Å². The summed E-state index contributed by atoms with van der Waals surface area (Å²) in [4.78, 5) is 20.5. The molecule has 0 aliphatic heterocycles. The van der Waals surface area contributed by atoms with Gasteiger partial charge in [-0.25, -0.2) is 14.8 Å². The highest BCUT2D eigenvalue weighted by atomic mass is 35.5. The number of nitrogens with zero attached hydrogens (tertiary/aromatic N) is 3. The van der Waals surface area contributed by atoms with E-state index in [4.69, 9.17) is 39.9 Å². The van der Waals surface area contributed by atoms with Crippen LogP contribution in [0.25, 0.3) is 0 Å². The molecule has 0 radical (unpaired) electrons. The maximum Gasteiger partial charge on any atom is 0.337 e. The molecule has 20 heavy (non-hydrogen) atoms. The van der Waals surface area contributed by atoms with Gasteiger partial charge in [-0.05, 0) is 29.8 Å². The fourth-order valence-corrected chi connectivity index (χ4v) is 2.17.